The van der Waals surface area contributed by atoms with Gasteiger partial charge in [-0.25, -0.2) is 8.42 Å². The zero-order chi connectivity index (χ0) is 18.9. The molecule has 140 valence electrons. The van der Waals surface area contributed by atoms with Gasteiger partial charge in [0.2, 0.25) is 21.8 Å². The predicted octanol–water partition coefficient (Wildman–Crippen LogP) is 2.73. The molecule has 0 bridgehead atoms. The number of aromatic nitrogens is 2. The molecule has 0 N–H and O–H groups in total. The molecule has 1 fully saturated rings. The monoisotopic (exact) mass is 385 g/mol. The third-order valence-electron chi connectivity index (χ3n) is 4.41. The van der Waals surface area contributed by atoms with E-state index in [1.807, 2.05) is 31.2 Å². The molecule has 0 amide bonds. The molecule has 1 aromatic heterocycles. The largest absolute Gasteiger partial charge is 0.416 e. The van der Waals surface area contributed by atoms with E-state index in [-0.39, 0.29) is 10.8 Å². The lowest BCUT2D eigenvalue weighted by molar-refractivity contribution is 0.0730. The Morgan fingerprint density at radius 2 is 1.59 bits per heavy atom. The molecule has 1 aliphatic rings. The minimum atomic E-state index is -3.58. The maximum absolute atomic E-state index is 12.8. The normalized spacial score (nSPS) is 15.7. The van der Waals surface area contributed by atoms with Crippen LogP contribution in [0.15, 0.2) is 57.8 Å². The van der Waals surface area contributed by atoms with Crippen molar-refractivity contribution in [3.63, 3.8) is 0 Å². The molecule has 0 unspecified atom stereocenters. The van der Waals surface area contributed by atoms with E-state index in [1.54, 1.807) is 24.3 Å². The summed E-state index contributed by atoms with van der Waals surface area (Å²) in [5.74, 6) is 0.677. The number of benzene rings is 2. The minimum absolute atomic E-state index is 0.206. The molecule has 2 aromatic carbocycles. The molecular weight excluding hydrogens is 366 g/mol. The van der Waals surface area contributed by atoms with Gasteiger partial charge < -0.3 is 9.15 Å². The first kappa shape index (κ1) is 17.8. The Morgan fingerprint density at radius 1 is 0.926 bits per heavy atom. The Bertz CT molecular complexity index is 1040. The van der Waals surface area contributed by atoms with Crippen LogP contribution in [0, 0.1) is 6.92 Å². The van der Waals surface area contributed by atoms with Gasteiger partial charge in [0.05, 0.1) is 18.1 Å². The summed E-state index contributed by atoms with van der Waals surface area (Å²) in [4.78, 5) is 0.206. The molecule has 0 saturated carbocycles. The number of aryl methyl sites for hydroxylation is 1. The zero-order valence-corrected chi connectivity index (χ0v) is 15.6. The highest BCUT2D eigenvalue weighted by Gasteiger charge is 2.26. The maximum atomic E-state index is 12.8. The molecule has 8 heteroatoms. The van der Waals surface area contributed by atoms with Crippen LogP contribution in [0.1, 0.15) is 5.56 Å². The molecule has 27 heavy (non-hydrogen) atoms. The Morgan fingerprint density at radius 3 is 2.30 bits per heavy atom. The first-order chi connectivity index (χ1) is 13.0. The zero-order valence-electron chi connectivity index (χ0n) is 14.8. The molecule has 2 heterocycles. The van der Waals surface area contributed by atoms with Crippen LogP contribution in [0.5, 0.6) is 0 Å². The summed E-state index contributed by atoms with van der Waals surface area (Å²) in [7, 11) is -3.58. The summed E-state index contributed by atoms with van der Waals surface area (Å²) in [6.45, 7) is 3.52. The second-order valence-electron chi connectivity index (χ2n) is 6.32. The lowest BCUT2D eigenvalue weighted by Crippen LogP contribution is -2.40. The van der Waals surface area contributed by atoms with E-state index in [1.165, 1.54) is 4.31 Å². The summed E-state index contributed by atoms with van der Waals surface area (Å²) in [5, 5.41) is 8.16. The average Bonchev–Trinajstić information content (AvgIpc) is 3.20. The maximum Gasteiger partial charge on any atom is 0.248 e. The first-order valence-corrected chi connectivity index (χ1v) is 10.1. The minimum Gasteiger partial charge on any atom is -0.416 e. The molecular formula is C19H19N3O4S. The molecule has 0 spiro atoms. The fourth-order valence-electron chi connectivity index (χ4n) is 2.88. The van der Waals surface area contributed by atoms with E-state index in [0.29, 0.717) is 37.8 Å². The number of ether oxygens (including phenoxy) is 1. The number of hydrogen-bond donors (Lipinski definition) is 0. The summed E-state index contributed by atoms with van der Waals surface area (Å²) in [6.07, 6.45) is 0. The second-order valence-corrected chi connectivity index (χ2v) is 8.26. The quantitative estimate of drug-likeness (QED) is 0.686. The number of rotatable bonds is 4. The van der Waals surface area contributed by atoms with E-state index >= 15 is 0 Å². The third kappa shape index (κ3) is 3.64. The van der Waals surface area contributed by atoms with Crippen LogP contribution in [0.25, 0.3) is 22.9 Å². The van der Waals surface area contributed by atoms with Crippen molar-refractivity contribution in [1.82, 2.24) is 14.5 Å². The smallest absolute Gasteiger partial charge is 0.248 e. The van der Waals surface area contributed by atoms with E-state index in [2.05, 4.69) is 10.2 Å². The molecule has 0 atom stereocenters. The van der Waals surface area contributed by atoms with Crippen molar-refractivity contribution in [1.29, 1.82) is 0 Å². The predicted molar refractivity (Wildman–Crippen MR) is 99.5 cm³/mol. The molecule has 3 aromatic rings. The van der Waals surface area contributed by atoms with Gasteiger partial charge in [0.1, 0.15) is 0 Å². The molecule has 0 aliphatic carbocycles. The Labute approximate surface area is 157 Å². The lowest BCUT2D eigenvalue weighted by Gasteiger charge is -2.26. The first-order valence-electron chi connectivity index (χ1n) is 8.63. The van der Waals surface area contributed by atoms with Crippen molar-refractivity contribution in [2.24, 2.45) is 0 Å². The van der Waals surface area contributed by atoms with Crippen LogP contribution < -0.4 is 0 Å². The van der Waals surface area contributed by atoms with Crippen molar-refractivity contribution in [3.8, 4) is 22.9 Å². The molecule has 0 radical (unpaired) electrons. The van der Waals surface area contributed by atoms with Gasteiger partial charge in [0.25, 0.3) is 0 Å². The molecule has 1 saturated heterocycles. The number of hydrogen-bond acceptors (Lipinski definition) is 6. The standard InChI is InChI=1S/C19H19N3O4S/c1-14-5-7-15(8-6-14)18-20-21-19(26-18)16-3-2-4-17(13-16)27(23,24)22-9-11-25-12-10-22/h2-8,13H,9-12H2,1H3. The average molecular weight is 385 g/mol. The number of morpholine rings is 1. The SMILES string of the molecule is Cc1ccc(-c2nnc(-c3cccc(S(=O)(=O)N4CCOCC4)c3)o2)cc1. The highest BCUT2D eigenvalue weighted by Crippen LogP contribution is 2.27. The lowest BCUT2D eigenvalue weighted by atomic mass is 10.1. The van der Waals surface area contributed by atoms with E-state index in [4.69, 9.17) is 9.15 Å². The van der Waals surface area contributed by atoms with Gasteiger partial charge in [-0.05, 0) is 37.3 Å². The summed E-state index contributed by atoms with van der Waals surface area (Å²) < 4.78 is 38.1. The van der Waals surface area contributed by atoms with Crippen LogP contribution in [-0.4, -0.2) is 49.2 Å². The van der Waals surface area contributed by atoms with Crippen LogP contribution in [0.4, 0.5) is 0 Å². The van der Waals surface area contributed by atoms with Crippen LogP contribution in [0.3, 0.4) is 0 Å². The Hall–Kier alpha value is -2.55. The third-order valence-corrected chi connectivity index (χ3v) is 6.31. The van der Waals surface area contributed by atoms with Crippen molar-refractivity contribution < 1.29 is 17.6 Å². The second kappa shape index (κ2) is 7.22. The fourth-order valence-corrected chi connectivity index (χ4v) is 4.33. The molecule has 1 aliphatic heterocycles. The van der Waals surface area contributed by atoms with Gasteiger partial charge in [0.15, 0.2) is 0 Å². The van der Waals surface area contributed by atoms with Gasteiger partial charge in [-0.15, -0.1) is 10.2 Å². The van der Waals surface area contributed by atoms with Crippen LogP contribution in [0.2, 0.25) is 0 Å². The van der Waals surface area contributed by atoms with Crippen molar-refractivity contribution in [2.75, 3.05) is 26.3 Å². The Kier molecular flexibility index (Phi) is 4.77. The van der Waals surface area contributed by atoms with E-state index < -0.39 is 10.0 Å². The molecule has 4 rings (SSSR count). The highest BCUT2D eigenvalue weighted by atomic mass is 32.2. The van der Waals surface area contributed by atoms with E-state index in [9.17, 15) is 8.42 Å². The van der Waals surface area contributed by atoms with Gasteiger partial charge in [-0.1, -0.05) is 23.8 Å². The number of sulfonamides is 1. The van der Waals surface area contributed by atoms with Gasteiger partial charge in [-0.2, -0.15) is 4.31 Å². The Balaban J connectivity index is 1.64. The summed E-state index contributed by atoms with van der Waals surface area (Å²) >= 11 is 0. The number of nitrogens with zero attached hydrogens (tertiary/aromatic N) is 3. The van der Waals surface area contributed by atoms with Crippen LogP contribution in [-0.2, 0) is 14.8 Å². The van der Waals surface area contributed by atoms with Gasteiger partial charge in [-0.3, -0.25) is 0 Å². The summed E-state index contributed by atoms with van der Waals surface area (Å²) in [5.41, 5.74) is 2.52. The molecule has 7 nitrogen and oxygen atoms in total. The van der Waals surface area contributed by atoms with Crippen molar-refractivity contribution in [2.45, 2.75) is 11.8 Å². The van der Waals surface area contributed by atoms with Crippen LogP contribution >= 0.6 is 0 Å². The van der Waals surface area contributed by atoms with Gasteiger partial charge in [0, 0.05) is 24.2 Å². The van der Waals surface area contributed by atoms with Crippen molar-refractivity contribution in [3.05, 3.63) is 54.1 Å². The summed E-state index contributed by atoms with van der Waals surface area (Å²) in [6, 6.07) is 14.3. The topological polar surface area (TPSA) is 85.5 Å². The van der Waals surface area contributed by atoms with E-state index in [0.717, 1.165) is 11.1 Å². The highest BCUT2D eigenvalue weighted by molar-refractivity contribution is 7.89. The van der Waals surface area contributed by atoms with Crippen molar-refractivity contribution >= 4 is 10.0 Å². The fraction of sp³-hybridized carbons (Fsp3) is 0.263. The van der Waals surface area contributed by atoms with Gasteiger partial charge >= 0.3 is 0 Å².